The molecule has 116 valence electrons. The van der Waals surface area contributed by atoms with Crippen molar-refractivity contribution in [2.24, 2.45) is 0 Å². The minimum Gasteiger partial charge on any atom is -0.496 e. The third kappa shape index (κ3) is 3.69. The van der Waals surface area contributed by atoms with Gasteiger partial charge in [-0.15, -0.1) is 0 Å². The lowest BCUT2D eigenvalue weighted by atomic mass is 10.0. The minimum absolute atomic E-state index is 0.193. The molecular formula is C17H24O4. The number of esters is 1. The van der Waals surface area contributed by atoms with Gasteiger partial charge in [0, 0.05) is 12.0 Å². The van der Waals surface area contributed by atoms with Crippen LogP contribution < -0.4 is 9.47 Å². The lowest BCUT2D eigenvalue weighted by molar-refractivity contribution is 0.0599. The molecule has 4 nitrogen and oxygen atoms in total. The summed E-state index contributed by atoms with van der Waals surface area (Å²) in [7, 11) is 2.99. The molecule has 0 aliphatic carbocycles. The normalized spacial score (nSPS) is 16.2. The minimum atomic E-state index is -0.369. The van der Waals surface area contributed by atoms with Crippen molar-refractivity contribution in [3.8, 4) is 11.5 Å². The first-order chi connectivity index (χ1) is 10.2. The molecule has 0 N–H and O–H groups in total. The lowest BCUT2D eigenvalue weighted by Crippen LogP contribution is -2.12. The summed E-state index contributed by atoms with van der Waals surface area (Å²) in [6.07, 6.45) is 7.03. The predicted molar refractivity (Wildman–Crippen MR) is 81.2 cm³/mol. The molecule has 1 unspecified atom stereocenters. The Bertz CT molecular complexity index is 496. The highest BCUT2D eigenvalue weighted by atomic mass is 16.5. The van der Waals surface area contributed by atoms with E-state index in [1.807, 2.05) is 0 Å². The van der Waals surface area contributed by atoms with Crippen molar-refractivity contribution in [2.75, 3.05) is 14.2 Å². The third-order valence-corrected chi connectivity index (χ3v) is 3.91. The zero-order chi connectivity index (χ0) is 15.2. The van der Waals surface area contributed by atoms with Gasteiger partial charge >= 0.3 is 5.97 Å². The second-order valence-corrected chi connectivity index (χ2v) is 5.44. The van der Waals surface area contributed by atoms with Gasteiger partial charge in [-0.2, -0.15) is 0 Å². The van der Waals surface area contributed by atoms with Gasteiger partial charge in [0.25, 0.3) is 0 Å². The molecule has 0 saturated heterocycles. The van der Waals surface area contributed by atoms with Crippen molar-refractivity contribution < 1.29 is 19.0 Å². The number of unbranched alkanes of at least 4 members (excludes halogenated alkanes) is 3. The van der Waals surface area contributed by atoms with Gasteiger partial charge in [-0.3, -0.25) is 0 Å². The second kappa shape index (κ2) is 7.34. The zero-order valence-electron chi connectivity index (χ0n) is 13.1. The summed E-state index contributed by atoms with van der Waals surface area (Å²) in [5.74, 6) is 1.10. The first kappa shape index (κ1) is 15.7. The summed E-state index contributed by atoms with van der Waals surface area (Å²) in [5, 5.41) is 0. The molecular weight excluding hydrogens is 268 g/mol. The molecule has 0 fully saturated rings. The topological polar surface area (TPSA) is 44.8 Å². The van der Waals surface area contributed by atoms with Crippen molar-refractivity contribution >= 4 is 5.97 Å². The first-order valence-electron chi connectivity index (χ1n) is 7.65. The Morgan fingerprint density at radius 2 is 2.10 bits per heavy atom. The van der Waals surface area contributed by atoms with Crippen molar-refractivity contribution in [3.63, 3.8) is 0 Å². The Kier molecular flexibility index (Phi) is 5.48. The molecule has 1 aliphatic heterocycles. The van der Waals surface area contributed by atoms with Crippen LogP contribution in [0.3, 0.4) is 0 Å². The van der Waals surface area contributed by atoms with Gasteiger partial charge in [-0.25, -0.2) is 4.79 Å². The highest BCUT2D eigenvalue weighted by molar-refractivity contribution is 5.90. The fourth-order valence-corrected chi connectivity index (χ4v) is 2.75. The number of carbonyl (C=O) groups is 1. The molecule has 1 aromatic carbocycles. The SMILES string of the molecule is CCCCCCC1Cc2c(OC)cc(C(=O)OC)cc2O1. The van der Waals surface area contributed by atoms with Crippen LogP contribution in [-0.4, -0.2) is 26.3 Å². The van der Waals surface area contributed by atoms with Crippen LogP contribution in [-0.2, 0) is 11.2 Å². The Morgan fingerprint density at radius 3 is 2.76 bits per heavy atom. The Labute approximate surface area is 126 Å². The summed E-state index contributed by atoms with van der Waals surface area (Å²) >= 11 is 0. The van der Waals surface area contributed by atoms with Gasteiger partial charge in [0.15, 0.2) is 0 Å². The van der Waals surface area contributed by atoms with Gasteiger partial charge in [0.1, 0.15) is 17.6 Å². The highest BCUT2D eigenvalue weighted by Crippen LogP contribution is 2.38. The maximum absolute atomic E-state index is 11.7. The number of hydrogen-bond donors (Lipinski definition) is 0. The van der Waals surface area contributed by atoms with Crippen molar-refractivity contribution in [1.29, 1.82) is 0 Å². The van der Waals surface area contributed by atoms with E-state index < -0.39 is 0 Å². The molecule has 1 atom stereocenters. The average Bonchev–Trinajstić information content (AvgIpc) is 2.92. The van der Waals surface area contributed by atoms with Gasteiger partial charge in [-0.1, -0.05) is 26.2 Å². The fraction of sp³-hybridized carbons (Fsp3) is 0.588. The number of hydrogen-bond acceptors (Lipinski definition) is 4. The van der Waals surface area contributed by atoms with Crippen molar-refractivity contribution in [1.82, 2.24) is 0 Å². The van der Waals surface area contributed by atoms with Crippen LogP contribution in [0.2, 0.25) is 0 Å². The van der Waals surface area contributed by atoms with Crippen molar-refractivity contribution in [2.45, 2.75) is 51.6 Å². The summed E-state index contributed by atoms with van der Waals surface area (Å²) in [6, 6.07) is 3.49. The summed E-state index contributed by atoms with van der Waals surface area (Å²) in [5.41, 5.74) is 1.53. The van der Waals surface area contributed by atoms with E-state index in [4.69, 9.17) is 14.2 Å². The van der Waals surface area contributed by atoms with Crippen LogP contribution in [0, 0.1) is 0 Å². The molecule has 0 spiro atoms. The molecule has 1 heterocycles. The van der Waals surface area contributed by atoms with E-state index in [1.165, 1.54) is 32.8 Å². The molecule has 0 radical (unpaired) electrons. The molecule has 1 aromatic rings. The van der Waals surface area contributed by atoms with Crippen molar-refractivity contribution in [3.05, 3.63) is 23.3 Å². The van der Waals surface area contributed by atoms with E-state index in [2.05, 4.69) is 6.92 Å². The van der Waals surface area contributed by atoms with E-state index in [9.17, 15) is 4.79 Å². The Hall–Kier alpha value is -1.71. The molecule has 0 saturated carbocycles. The van der Waals surface area contributed by atoms with E-state index >= 15 is 0 Å². The van der Waals surface area contributed by atoms with Crippen LogP contribution in [0.5, 0.6) is 11.5 Å². The van der Waals surface area contributed by atoms with Gasteiger partial charge < -0.3 is 14.2 Å². The van der Waals surface area contributed by atoms with Gasteiger partial charge in [0.05, 0.1) is 19.8 Å². The van der Waals surface area contributed by atoms with Crippen LogP contribution >= 0.6 is 0 Å². The number of methoxy groups -OCH3 is 2. The molecule has 1 aliphatic rings. The second-order valence-electron chi connectivity index (χ2n) is 5.44. The Balaban J connectivity index is 2.07. The summed E-state index contributed by atoms with van der Waals surface area (Å²) in [4.78, 5) is 11.7. The molecule has 2 rings (SSSR count). The number of rotatable bonds is 7. The smallest absolute Gasteiger partial charge is 0.338 e. The quantitative estimate of drug-likeness (QED) is 0.567. The molecule has 0 amide bonds. The number of carbonyl (C=O) groups excluding carboxylic acids is 1. The maximum Gasteiger partial charge on any atom is 0.338 e. The number of benzene rings is 1. The fourth-order valence-electron chi connectivity index (χ4n) is 2.75. The van der Waals surface area contributed by atoms with Crippen LogP contribution in [0.25, 0.3) is 0 Å². The van der Waals surface area contributed by atoms with Crippen LogP contribution in [0.1, 0.15) is 54.9 Å². The maximum atomic E-state index is 11.7. The predicted octanol–water partition coefficient (Wildman–Crippen LogP) is 3.76. The summed E-state index contributed by atoms with van der Waals surface area (Å²) < 4.78 is 16.1. The van der Waals surface area contributed by atoms with Crippen LogP contribution in [0.4, 0.5) is 0 Å². The number of ether oxygens (including phenoxy) is 3. The highest BCUT2D eigenvalue weighted by Gasteiger charge is 2.27. The van der Waals surface area contributed by atoms with E-state index in [0.29, 0.717) is 11.3 Å². The molecule has 0 bridgehead atoms. The average molecular weight is 292 g/mol. The number of fused-ring (bicyclic) bond motifs is 1. The zero-order valence-corrected chi connectivity index (χ0v) is 13.1. The third-order valence-electron chi connectivity index (χ3n) is 3.91. The van der Waals surface area contributed by atoms with Crippen LogP contribution in [0.15, 0.2) is 12.1 Å². The molecule has 0 aromatic heterocycles. The van der Waals surface area contributed by atoms with E-state index in [-0.39, 0.29) is 12.1 Å². The molecule has 4 heteroatoms. The first-order valence-corrected chi connectivity index (χ1v) is 7.65. The van der Waals surface area contributed by atoms with Gasteiger partial charge in [-0.05, 0) is 25.0 Å². The standard InChI is InChI=1S/C17H24O4/c1-4-5-6-7-8-13-11-14-15(19-2)9-12(17(18)20-3)10-16(14)21-13/h9-10,13H,4-8,11H2,1-3H3. The Morgan fingerprint density at radius 1 is 1.29 bits per heavy atom. The van der Waals surface area contributed by atoms with Gasteiger partial charge in [0.2, 0.25) is 0 Å². The largest absolute Gasteiger partial charge is 0.496 e. The molecule has 21 heavy (non-hydrogen) atoms. The lowest BCUT2D eigenvalue weighted by Gasteiger charge is -2.10. The van der Waals surface area contributed by atoms with E-state index in [0.717, 1.165) is 24.2 Å². The monoisotopic (exact) mass is 292 g/mol. The van der Waals surface area contributed by atoms with E-state index in [1.54, 1.807) is 19.2 Å². The summed E-state index contributed by atoms with van der Waals surface area (Å²) in [6.45, 7) is 2.21.